The van der Waals surface area contributed by atoms with Crippen LogP contribution < -0.4 is 15.5 Å². The highest BCUT2D eigenvalue weighted by Gasteiger charge is 2.08. The predicted octanol–water partition coefficient (Wildman–Crippen LogP) is 2.91. The maximum absolute atomic E-state index is 5.24. The summed E-state index contributed by atoms with van der Waals surface area (Å²) in [5.74, 6) is 0.759. The molecule has 96 valence electrons. The molecule has 0 saturated heterocycles. The fourth-order valence-electron chi connectivity index (χ4n) is 1.92. The summed E-state index contributed by atoms with van der Waals surface area (Å²) in [7, 11) is 1.63. The van der Waals surface area contributed by atoms with Gasteiger partial charge < -0.3 is 10.1 Å². The van der Waals surface area contributed by atoms with Gasteiger partial charge in [-0.05, 0) is 50.0 Å². The van der Waals surface area contributed by atoms with Gasteiger partial charge in [0.05, 0.1) is 12.8 Å². The maximum atomic E-state index is 5.24. The van der Waals surface area contributed by atoms with Gasteiger partial charge in [0.15, 0.2) is 5.11 Å². The highest BCUT2D eigenvalue weighted by Crippen LogP contribution is 2.22. The van der Waals surface area contributed by atoms with E-state index in [1.807, 2.05) is 24.3 Å². The monoisotopic (exact) mass is 263 g/mol. The van der Waals surface area contributed by atoms with Crippen LogP contribution in [-0.2, 0) is 0 Å². The van der Waals surface area contributed by atoms with Crippen molar-refractivity contribution in [3.8, 4) is 5.75 Å². The van der Waals surface area contributed by atoms with Crippen molar-refractivity contribution in [3.63, 3.8) is 0 Å². The van der Waals surface area contributed by atoms with Gasteiger partial charge in [-0.3, -0.25) is 5.43 Å². The lowest BCUT2D eigenvalue weighted by Gasteiger charge is -2.11. The summed E-state index contributed by atoms with van der Waals surface area (Å²) in [5, 5.41) is 7.86. The highest BCUT2D eigenvalue weighted by molar-refractivity contribution is 7.80. The summed E-state index contributed by atoms with van der Waals surface area (Å²) in [6.45, 7) is 0. The lowest BCUT2D eigenvalue weighted by Crippen LogP contribution is -2.25. The van der Waals surface area contributed by atoms with Crippen molar-refractivity contribution in [2.24, 2.45) is 5.10 Å². The number of hydrogen-bond acceptors (Lipinski definition) is 3. The Labute approximate surface area is 112 Å². The average molecular weight is 263 g/mol. The Morgan fingerprint density at radius 2 is 2.00 bits per heavy atom. The van der Waals surface area contributed by atoms with Crippen LogP contribution in [0.25, 0.3) is 0 Å². The Morgan fingerprint density at radius 1 is 1.28 bits per heavy atom. The average Bonchev–Trinajstić information content (AvgIpc) is 2.90. The first-order chi connectivity index (χ1) is 8.79. The normalized spacial score (nSPS) is 14.2. The third-order valence-electron chi connectivity index (χ3n) is 2.85. The van der Waals surface area contributed by atoms with Gasteiger partial charge in [-0.15, -0.1) is 0 Å². The van der Waals surface area contributed by atoms with Crippen LogP contribution in [-0.4, -0.2) is 17.9 Å². The second kappa shape index (κ2) is 6.35. The zero-order chi connectivity index (χ0) is 12.8. The molecule has 4 nitrogen and oxygen atoms in total. The Kier molecular flexibility index (Phi) is 4.52. The van der Waals surface area contributed by atoms with Crippen LogP contribution in [0.5, 0.6) is 5.75 Å². The first-order valence-corrected chi connectivity index (χ1v) is 6.46. The first-order valence-electron chi connectivity index (χ1n) is 6.05. The fraction of sp³-hybridized carbons (Fsp3) is 0.385. The number of hydrazone groups is 1. The minimum Gasteiger partial charge on any atom is -0.495 e. The number of thiocarbonyl (C=S) groups is 1. The van der Waals surface area contributed by atoms with Crippen molar-refractivity contribution in [3.05, 3.63) is 24.3 Å². The van der Waals surface area contributed by atoms with Crippen LogP contribution in [0, 0.1) is 0 Å². The summed E-state index contributed by atoms with van der Waals surface area (Å²) in [6, 6.07) is 7.64. The first kappa shape index (κ1) is 12.8. The van der Waals surface area contributed by atoms with Crippen molar-refractivity contribution < 1.29 is 4.74 Å². The van der Waals surface area contributed by atoms with E-state index in [1.54, 1.807) is 7.11 Å². The Hall–Kier alpha value is -1.62. The van der Waals surface area contributed by atoms with Crippen LogP contribution >= 0.6 is 12.2 Å². The fourth-order valence-corrected chi connectivity index (χ4v) is 2.08. The molecule has 0 radical (unpaired) electrons. The third-order valence-corrected chi connectivity index (χ3v) is 3.04. The second-order valence-electron chi connectivity index (χ2n) is 4.15. The molecular weight excluding hydrogens is 246 g/mol. The molecule has 0 aliphatic heterocycles. The van der Waals surface area contributed by atoms with Gasteiger partial charge in [0, 0.05) is 5.71 Å². The lowest BCUT2D eigenvalue weighted by molar-refractivity contribution is 0.417. The summed E-state index contributed by atoms with van der Waals surface area (Å²) in [5.41, 5.74) is 4.91. The Balaban J connectivity index is 1.92. The van der Waals surface area contributed by atoms with Gasteiger partial charge in [0.25, 0.3) is 0 Å². The smallest absolute Gasteiger partial charge is 0.191 e. The number of anilines is 1. The Bertz CT molecular complexity index is 451. The molecule has 0 spiro atoms. The molecule has 0 atom stereocenters. The molecule has 0 bridgehead atoms. The number of methoxy groups -OCH3 is 1. The van der Waals surface area contributed by atoms with Gasteiger partial charge >= 0.3 is 0 Å². The van der Waals surface area contributed by atoms with Crippen molar-refractivity contribution in [1.29, 1.82) is 0 Å². The number of ether oxygens (including phenoxy) is 1. The summed E-state index contributed by atoms with van der Waals surface area (Å²) >= 11 is 5.19. The third kappa shape index (κ3) is 3.43. The minimum absolute atomic E-state index is 0.485. The van der Waals surface area contributed by atoms with Crippen LogP contribution in [0.4, 0.5) is 5.69 Å². The number of nitrogens with zero attached hydrogens (tertiary/aromatic N) is 1. The largest absolute Gasteiger partial charge is 0.495 e. The zero-order valence-electron chi connectivity index (χ0n) is 10.4. The van der Waals surface area contributed by atoms with Crippen LogP contribution in [0.1, 0.15) is 25.7 Å². The van der Waals surface area contributed by atoms with E-state index in [0.29, 0.717) is 5.11 Å². The van der Waals surface area contributed by atoms with Crippen LogP contribution in [0.3, 0.4) is 0 Å². The molecule has 1 fully saturated rings. The van der Waals surface area contributed by atoms with Gasteiger partial charge in [-0.25, -0.2) is 0 Å². The molecule has 1 aliphatic carbocycles. The van der Waals surface area contributed by atoms with Gasteiger partial charge in [-0.2, -0.15) is 5.10 Å². The molecule has 1 aromatic carbocycles. The maximum Gasteiger partial charge on any atom is 0.191 e. The number of nitrogens with one attached hydrogen (secondary N) is 2. The molecule has 0 heterocycles. The standard InChI is InChI=1S/C13H17N3OS/c1-17-12-9-5-4-8-11(12)14-13(18)16-15-10-6-2-3-7-10/h4-5,8-9H,2-3,6-7H2,1H3,(H2,14,16,18). The summed E-state index contributed by atoms with van der Waals surface area (Å²) < 4.78 is 5.24. The van der Waals surface area contributed by atoms with E-state index in [1.165, 1.54) is 18.6 Å². The van der Waals surface area contributed by atoms with Gasteiger partial charge in [0.1, 0.15) is 5.75 Å². The van der Waals surface area contributed by atoms with E-state index in [-0.39, 0.29) is 0 Å². The zero-order valence-corrected chi connectivity index (χ0v) is 11.2. The summed E-state index contributed by atoms with van der Waals surface area (Å²) in [4.78, 5) is 0. The number of benzene rings is 1. The number of hydrogen-bond donors (Lipinski definition) is 2. The van der Waals surface area contributed by atoms with Crippen molar-refractivity contribution in [2.45, 2.75) is 25.7 Å². The molecule has 1 aliphatic rings. The molecule has 1 saturated carbocycles. The van der Waals surface area contributed by atoms with E-state index in [2.05, 4.69) is 15.8 Å². The predicted molar refractivity (Wildman–Crippen MR) is 78.3 cm³/mol. The van der Waals surface area contributed by atoms with Crippen LogP contribution in [0.15, 0.2) is 29.4 Å². The number of para-hydroxylation sites is 2. The topological polar surface area (TPSA) is 45.6 Å². The van der Waals surface area contributed by atoms with Gasteiger partial charge in [0.2, 0.25) is 0 Å². The van der Waals surface area contributed by atoms with E-state index in [0.717, 1.165) is 24.3 Å². The molecule has 5 heteroatoms. The highest BCUT2D eigenvalue weighted by atomic mass is 32.1. The van der Waals surface area contributed by atoms with Crippen molar-refractivity contribution in [2.75, 3.05) is 12.4 Å². The SMILES string of the molecule is COc1ccccc1NC(=S)NN=C1CCCC1. The molecule has 2 rings (SSSR count). The molecule has 18 heavy (non-hydrogen) atoms. The summed E-state index contributed by atoms with van der Waals surface area (Å²) in [6.07, 6.45) is 4.61. The molecule has 1 aromatic rings. The van der Waals surface area contributed by atoms with Gasteiger partial charge in [-0.1, -0.05) is 12.1 Å². The molecule has 0 unspecified atom stereocenters. The molecule has 0 aromatic heterocycles. The van der Waals surface area contributed by atoms with Crippen molar-refractivity contribution in [1.82, 2.24) is 5.43 Å². The van der Waals surface area contributed by atoms with E-state index < -0.39 is 0 Å². The second-order valence-corrected chi connectivity index (χ2v) is 4.56. The quantitative estimate of drug-likeness (QED) is 0.650. The van der Waals surface area contributed by atoms with Crippen LogP contribution in [0.2, 0.25) is 0 Å². The van der Waals surface area contributed by atoms with E-state index >= 15 is 0 Å². The molecule has 0 amide bonds. The minimum atomic E-state index is 0.485. The van der Waals surface area contributed by atoms with E-state index in [9.17, 15) is 0 Å². The molecule has 2 N–H and O–H groups in total. The number of rotatable bonds is 3. The molecular formula is C13H17N3OS. The van der Waals surface area contributed by atoms with E-state index in [4.69, 9.17) is 17.0 Å². The Morgan fingerprint density at radius 3 is 2.72 bits per heavy atom. The lowest BCUT2D eigenvalue weighted by atomic mass is 10.3. The van der Waals surface area contributed by atoms with Crippen molar-refractivity contribution >= 4 is 28.7 Å².